The van der Waals surface area contributed by atoms with Crippen molar-refractivity contribution in [3.8, 4) is 0 Å². The summed E-state index contributed by atoms with van der Waals surface area (Å²) in [5.74, 6) is -0.174. The Morgan fingerprint density at radius 1 is 1.19 bits per heavy atom. The van der Waals surface area contributed by atoms with Gasteiger partial charge in [0.1, 0.15) is 5.82 Å². The molecule has 0 amide bonds. The van der Waals surface area contributed by atoms with Gasteiger partial charge in [0.15, 0.2) is 5.78 Å². The molecule has 1 aromatic rings. The van der Waals surface area contributed by atoms with Crippen molar-refractivity contribution in [1.29, 1.82) is 0 Å². The molecule has 0 aliphatic heterocycles. The molecule has 0 bridgehead atoms. The van der Waals surface area contributed by atoms with E-state index in [4.69, 9.17) is 0 Å². The molecule has 0 saturated carbocycles. The third kappa shape index (κ3) is 2.49. The van der Waals surface area contributed by atoms with Crippen molar-refractivity contribution in [2.75, 3.05) is 0 Å². The van der Waals surface area contributed by atoms with Crippen molar-refractivity contribution in [2.45, 2.75) is 40.5 Å². The SMILES string of the molecule is Cc1c(C(=O)C(C)C)cc(F)cc1C(C)C. The number of ketones is 1. The Morgan fingerprint density at radius 3 is 2.19 bits per heavy atom. The molecule has 0 saturated heterocycles. The van der Waals surface area contributed by atoms with E-state index in [-0.39, 0.29) is 23.4 Å². The lowest BCUT2D eigenvalue weighted by Gasteiger charge is -2.15. The summed E-state index contributed by atoms with van der Waals surface area (Å²) in [5.41, 5.74) is 2.36. The number of rotatable bonds is 3. The van der Waals surface area contributed by atoms with E-state index in [0.29, 0.717) is 5.56 Å². The topological polar surface area (TPSA) is 17.1 Å². The first-order chi connectivity index (χ1) is 7.34. The molecule has 0 fully saturated rings. The van der Waals surface area contributed by atoms with E-state index in [2.05, 4.69) is 0 Å². The number of hydrogen-bond donors (Lipinski definition) is 0. The first-order valence-corrected chi connectivity index (χ1v) is 5.68. The highest BCUT2D eigenvalue weighted by Gasteiger charge is 2.17. The lowest BCUT2D eigenvalue weighted by molar-refractivity contribution is 0.0938. The van der Waals surface area contributed by atoms with Crippen LogP contribution in [0.2, 0.25) is 0 Å². The standard InChI is InChI=1S/C14H19FO/c1-8(2)12-6-11(15)7-13(10(12)5)14(16)9(3)4/h6-9H,1-5H3. The van der Waals surface area contributed by atoms with E-state index in [1.807, 2.05) is 34.6 Å². The molecule has 88 valence electrons. The van der Waals surface area contributed by atoms with Gasteiger partial charge in [-0.2, -0.15) is 0 Å². The lowest BCUT2D eigenvalue weighted by Crippen LogP contribution is -2.11. The zero-order valence-corrected chi connectivity index (χ0v) is 10.6. The fraction of sp³-hybridized carbons (Fsp3) is 0.500. The normalized spacial score (nSPS) is 11.2. The van der Waals surface area contributed by atoms with E-state index < -0.39 is 0 Å². The lowest BCUT2D eigenvalue weighted by atomic mass is 9.89. The molecular formula is C14H19FO. The summed E-state index contributed by atoms with van der Waals surface area (Å²) in [4.78, 5) is 11.9. The van der Waals surface area contributed by atoms with Gasteiger partial charge in [-0.1, -0.05) is 27.7 Å². The molecule has 0 aliphatic carbocycles. The fourth-order valence-electron chi connectivity index (χ4n) is 1.87. The molecule has 0 aliphatic rings. The van der Waals surface area contributed by atoms with Gasteiger partial charge in [0.25, 0.3) is 0 Å². The third-order valence-electron chi connectivity index (χ3n) is 2.82. The Bertz CT molecular complexity index is 405. The van der Waals surface area contributed by atoms with E-state index in [9.17, 15) is 9.18 Å². The molecule has 0 unspecified atom stereocenters. The average molecular weight is 222 g/mol. The first kappa shape index (κ1) is 12.9. The van der Waals surface area contributed by atoms with Crippen molar-refractivity contribution in [3.05, 3.63) is 34.6 Å². The van der Waals surface area contributed by atoms with Crippen LogP contribution in [0.15, 0.2) is 12.1 Å². The van der Waals surface area contributed by atoms with Crippen molar-refractivity contribution in [1.82, 2.24) is 0 Å². The van der Waals surface area contributed by atoms with Crippen molar-refractivity contribution >= 4 is 5.78 Å². The second kappa shape index (κ2) is 4.77. The summed E-state index contributed by atoms with van der Waals surface area (Å²) in [5, 5.41) is 0. The van der Waals surface area contributed by atoms with E-state index in [1.54, 1.807) is 0 Å². The van der Waals surface area contributed by atoms with Crippen LogP contribution in [0.1, 0.15) is 55.1 Å². The van der Waals surface area contributed by atoms with Gasteiger partial charge in [0.2, 0.25) is 0 Å². The van der Waals surface area contributed by atoms with Gasteiger partial charge in [-0.3, -0.25) is 4.79 Å². The monoisotopic (exact) mass is 222 g/mol. The molecule has 0 spiro atoms. The Morgan fingerprint density at radius 2 is 1.75 bits per heavy atom. The van der Waals surface area contributed by atoms with Crippen LogP contribution in [-0.4, -0.2) is 5.78 Å². The average Bonchev–Trinajstić information content (AvgIpc) is 2.19. The number of benzene rings is 1. The number of hydrogen-bond acceptors (Lipinski definition) is 1. The zero-order valence-electron chi connectivity index (χ0n) is 10.6. The first-order valence-electron chi connectivity index (χ1n) is 5.68. The Hall–Kier alpha value is -1.18. The van der Waals surface area contributed by atoms with Crippen LogP contribution in [0.4, 0.5) is 4.39 Å². The smallest absolute Gasteiger partial charge is 0.165 e. The maximum Gasteiger partial charge on any atom is 0.165 e. The highest BCUT2D eigenvalue weighted by molar-refractivity contribution is 5.99. The second-order valence-corrected chi connectivity index (χ2v) is 4.84. The van der Waals surface area contributed by atoms with E-state index in [0.717, 1.165) is 11.1 Å². The zero-order chi connectivity index (χ0) is 12.5. The molecule has 0 atom stereocenters. The minimum absolute atomic E-state index is 0.0129. The van der Waals surface area contributed by atoms with Crippen LogP contribution in [0.25, 0.3) is 0 Å². The largest absolute Gasteiger partial charge is 0.294 e. The number of carbonyl (C=O) groups excluding carboxylic acids is 1. The van der Waals surface area contributed by atoms with Crippen molar-refractivity contribution in [3.63, 3.8) is 0 Å². The maximum atomic E-state index is 13.4. The van der Waals surface area contributed by atoms with Crippen molar-refractivity contribution in [2.24, 2.45) is 5.92 Å². The van der Waals surface area contributed by atoms with Gasteiger partial charge in [-0.25, -0.2) is 4.39 Å². The minimum atomic E-state index is -0.321. The predicted octanol–water partition coefficient (Wildman–Crippen LogP) is 4.10. The summed E-state index contributed by atoms with van der Waals surface area (Å²) in [6.07, 6.45) is 0. The maximum absolute atomic E-state index is 13.4. The highest BCUT2D eigenvalue weighted by atomic mass is 19.1. The number of halogens is 1. The summed E-state index contributed by atoms with van der Waals surface area (Å²) >= 11 is 0. The molecule has 1 nitrogen and oxygen atoms in total. The molecule has 1 rings (SSSR count). The van der Waals surface area contributed by atoms with Gasteiger partial charge >= 0.3 is 0 Å². The molecule has 0 radical (unpaired) electrons. The summed E-state index contributed by atoms with van der Waals surface area (Å²) in [6.45, 7) is 9.57. The van der Waals surface area contributed by atoms with Gasteiger partial charge in [0.05, 0.1) is 0 Å². The van der Waals surface area contributed by atoms with Crippen molar-refractivity contribution < 1.29 is 9.18 Å². The molecule has 16 heavy (non-hydrogen) atoms. The van der Waals surface area contributed by atoms with Crippen LogP contribution >= 0.6 is 0 Å². The Balaban J connectivity index is 3.35. The molecule has 2 heteroatoms. The van der Waals surface area contributed by atoms with Crippen LogP contribution in [-0.2, 0) is 0 Å². The number of carbonyl (C=O) groups is 1. The Kier molecular flexibility index (Phi) is 3.84. The highest BCUT2D eigenvalue weighted by Crippen LogP contribution is 2.25. The van der Waals surface area contributed by atoms with Gasteiger partial charge in [0, 0.05) is 11.5 Å². The van der Waals surface area contributed by atoms with Crippen LogP contribution < -0.4 is 0 Å². The summed E-state index contributed by atoms with van der Waals surface area (Å²) < 4.78 is 13.4. The summed E-state index contributed by atoms with van der Waals surface area (Å²) in [6, 6.07) is 2.88. The second-order valence-electron chi connectivity index (χ2n) is 4.84. The fourth-order valence-corrected chi connectivity index (χ4v) is 1.87. The van der Waals surface area contributed by atoms with Gasteiger partial charge in [-0.15, -0.1) is 0 Å². The van der Waals surface area contributed by atoms with Crippen LogP contribution in [0.5, 0.6) is 0 Å². The van der Waals surface area contributed by atoms with Gasteiger partial charge in [-0.05, 0) is 36.1 Å². The molecule has 0 heterocycles. The Labute approximate surface area is 96.7 Å². The van der Waals surface area contributed by atoms with Gasteiger partial charge < -0.3 is 0 Å². The predicted molar refractivity (Wildman–Crippen MR) is 64.4 cm³/mol. The third-order valence-corrected chi connectivity index (χ3v) is 2.82. The minimum Gasteiger partial charge on any atom is -0.294 e. The van der Waals surface area contributed by atoms with Crippen LogP contribution in [0, 0.1) is 18.7 Å². The molecule has 0 N–H and O–H groups in total. The van der Waals surface area contributed by atoms with E-state index >= 15 is 0 Å². The molecule has 1 aromatic carbocycles. The van der Waals surface area contributed by atoms with Crippen LogP contribution in [0.3, 0.4) is 0 Å². The van der Waals surface area contributed by atoms with E-state index in [1.165, 1.54) is 12.1 Å². The number of Topliss-reactive ketones (excluding diaryl/α,β-unsaturated/α-hetero) is 1. The quantitative estimate of drug-likeness (QED) is 0.704. The molecular weight excluding hydrogens is 203 g/mol. The molecule has 0 aromatic heterocycles. The summed E-state index contributed by atoms with van der Waals surface area (Å²) in [7, 11) is 0.